The maximum atomic E-state index is 14.0. The van der Waals surface area contributed by atoms with Crippen LogP contribution in [0, 0.1) is 11.8 Å². The van der Waals surface area contributed by atoms with Crippen LogP contribution >= 0.6 is 0 Å². The van der Waals surface area contributed by atoms with Crippen molar-refractivity contribution < 1.29 is 24.2 Å². The van der Waals surface area contributed by atoms with Crippen molar-refractivity contribution in [3.05, 3.63) is 30.1 Å². The van der Waals surface area contributed by atoms with E-state index in [1.165, 1.54) is 4.90 Å². The molecule has 2 aromatic rings. The summed E-state index contributed by atoms with van der Waals surface area (Å²) < 4.78 is 7.46. The van der Waals surface area contributed by atoms with Gasteiger partial charge >= 0.3 is 12.1 Å². The Kier molecular flexibility index (Phi) is 8.07. The minimum absolute atomic E-state index is 0.0544. The number of para-hydroxylation sites is 2. The first kappa shape index (κ1) is 26.5. The number of carbonyl (C=O) groups excluding carboxylic acids is 2. The monoisotopic (exact) mass is 486 g/mol. The summed E-state index contributed by atoms with van der Waals surface area (Å²) in [5.41, 5.74) is 0.933. The Hall–Kier alpha value is -3.10. The van der Waals surface area contributed by atoms with Crippen LogP contribution in [0.25, 0.3) is 11.0 Å². The first-order valence-electron chi connectivity index (χ1n) is 12.4. The molecule has 1 saturated heterocycles. The third-order valence-corrected chi connectivity index (χ3v) is 5.99. The number of likely N-dealkylation sites (tertiary alicyclic amines) is 1. The molecule has 1 aromatic heterocycles. The Morgan fingerprint density at radius 2 is 1.89 bits per heavy atom. The predicted octanol–water partition coefficient (Wildman–Crippen LogP) is 4.25. The summed E-state index contributed by atoms with van der Waals surface area (Å²) in [7, 11) is 0. The molecule has 1 aliphatic rings. The second kappa shape index (κ2) is 10.7. The number of carboxylic acid groups (broad SMARTS) is 1. The molecule has 0 unspecified atom stereocenters. The summed E-state index contributed by atoms with van der Waals surface area (Å²) in [5, 5.41) is 9.82. The maximum Gasteiger partial charge on any atom is 0.410 e. The van der Waals surface area contributed by atoms with Crippen LogP contribution in [0.15, 0.2) is 24.3 Å². The number of nitrogens with zero attached hydrogens (tertiary/aromatic N) is 4. The van der Waals surface area contributed by atoms with Crippen LogP contribution in [0.5, 0.6) is 0 Å². The average Bonchev–Trinajstić information content (AvgIpc) is 3.14. The van der Waals surface area contributed by atoms with E-state index in [0.29, 0.717) is 18.9 Å². The molecular weight excluding hydrogens is 448 g/mol. The molecule has 0 spiro atoms. The van der Waals surface area contributed by atoms with Gasteiger partial charge in [-0.05, 0) is 51.7 Å². The van der Waals surface area contributed by atoms with Gasteiger partial charge in [-0.3, -0.25) is 9.59 Å². The van der Waals surface area contributed by atoms with Gasteiger partial charge in [0.05, 0.1) is 23.0 Å². The van der Waals surface area contributed by atoms with Crippen LogP contribution in [0.4, 0.5) is 4.79 Å². The van der Waals surface area contributed by atoms with Crippen molar-refractivity contribution in [2.45, 2.75) is 72.6 Å². The number of amides is 2. The minimum atomic E-state index is -0.988. The lowest BCUT2D eigenvalue weighted by molar-refractivity contribution is -0.144. The van der Waals surface area contributed by atoms with Gasteiger partial charge in [0.15, 0.2) is 5.82 Å². The number of imidazole rings is 1. The number of hydrogen-bond acceptors (Lipinski definition) is 5. The second-order valence-corrected chi connectivity index (χ2v) is 10.7. The number of fused-ring (bicyclic) bond motifs is 1. The Morgan fingerprint density at radius 1 is 1.20 bits per heavy atom. The molecule has 1 N–H and O–H groups in total. The number of rotatable bonds is 7. The fourth-order valence-corrected chi connectivity index (χ4v) is 4.56. The Bertz CT molecular complexity index is 1070. The third kappa shape index (κ3) is 6.32. The Morgan fingerprint density at radius 3 is 2.49 bits per heavy atom. The number of aryl methyl sites for hydroxylation is 1. The van der Waals surface area contributed by atoms with Crippen molar-refractivity contribution in [2.75, 3.05) is 19.6 Å². The second-order valence-electron chi connectivity index (χ2n) is 10.7. The minimum Gasteiger partial charge on any atom is -0.481 e. The number of ether oxygens (including phenoxy) is 1. The highest BCUT2D eigenvalue weighted by Gasteiger charge is 2.40. The van der Waals surface area contributed by atoms with Gasteiger partial charge in [0, 0.05) is 26.2 Å². The van der Waals surface area contributed by atoms with Crippen molar-refractivity contribution >= 4 is 29.0 Å². The molecule has 0 radical (unpaired) electrons. The number of carboxylic acids is 1. The van der Waals surface area contributed by atoms with Crippen LogP contribution in [0.1, 0.15) is 65.0 Å². The molecule has 2 heterocycles. The van der Waals surface area contributed by atoms with E-state index in [0.717, 1.165) is 17.5 Å². The molecule has 3 rings (SSSR count). The molecule has 2 atom stereocenters. The van der Waals surface area contributed by atoms with Gasteiger partial charge < -0.3 is 24.2 Å². The largest absolute Gasteiger partial charge is 0.481 e. The van der Waals surface area contributed by atoms with Gasteiger partial charge in [-0.25, -0.2) is 9.78 Å². The summed E-state index contributed by atoms with van der Waals surface area (Å²) in [6.45, 7) is 12.7. The molecule has 192 valence electrons. The molecular formula is C26H38N4O5. The normalized spacial score (nSPS) is 18.7. The average molecular weight is 487 g/mol. The highest BCUT2D eigenvalue weighted by molar-refractivity contribution is 5.95. The van der Waals surface area contributed by atoms with Crippen molar-refractivity contribution in [3.8, 4) is 0 Å². The summed E-state index contributed by atoms with van der Waals surface area (Å²) in [5.74, 6) is -1.54. The predicted molar refractivity (Wildman–Crippen MR) is 133 cm³/mol. The van der Waals surface area contributed by atoms with Gasteiger partial charge in [0.2, 0.25) is 0 Å². The molecule has 1 fully saturated rings. The van der Waals surface area contributed by atoms with E-state index in [-0.39, 0.29) is 31.3 Å². The number of carbonyl (C=O) groups is 3. The number of piperidine rings is 1. The van der Waals surface area contributed by atoms with Gasteiger partial charge in [-0.2, -0.15) is 0 Å². The van der Waals surface area contributed by atoms with E-state index in [1.54, 1.807) is 25.7 Å². The van der Waals surface area contributed by atoms with E-state index < -0.39 is 29.6 Å². The van der Waals surface area contributed by atoms with Gasteiger partial charge in [-0.1, -0.05) is 32.9 Å². The first-order chi connectivity index (χ1) is 16.4. The molecule has 1 aromatic carbocycles. The highest BCUT2D eigenvalue weighted by atomic mass is 16.6. The lowest BCUT2D eigenvalue weighted by atomic mass is 9.92. The van der Waals surface area contributed by atoms with Crippen molar-refractivity contribution in [1.29, 1.82) is 0 Å². The number of benzene rings is 1. The summed E-state index contributed by atoms with van der Waals surface area (Å²) >= 11 is 0. The smallest absolute Gasteiger partial charge is 0.410 e. The first-order valence-corrected chi connectivity index (χ1v) is 12.4. The zero-order valence-electron chi connectivity index (χ0n) is 21.7. The lowest BCUT2D eigenvalue weighted by Crippen LogP contribution is -2.57. The van der Waals surface area contributed by atoms with E-state index in [9.17, 15) is 19.5 Å². The van der Waals surface area contributed by atoms with Crippen molar-refractivity contribution in [3.63, 3.8) is 0 Å². The summed E-state index contributed by atoms with van der Waals surface area (Å²) in [4.78, 5) is 46.6. The summed E-state index contributed by atoms with van der Waals surface area (Å²) in [6, 6.07) is 7.18. The standard InChI is InChI=1S/C26H38N4O5/c1-7-12-29-21-11-9-8-10-20(21)27-22(29)23(31)30(14-17(2)3)19-13-18(24(32)33)15-28(16-19)25(34)35-26(4,5)6/h8-11,17-19H,7,12-16H2,1-6H3,(H,32,33)/t18-,19+/m1/s1. The fraction of sp³-hybridized carbons (Fsp3) is 0.615. The zero-order chi connectivity index (χ0) is 25.9. The third-order valence-electron chi connectivity index (χ3n) is 5.99. The molecule has 2 amide bonds. The summed E-state index contributed by atoms with van der Waals surface area (Å²) in [6.07, 6.45) is 0.534. The van der Waals surface area contributed by atoms with Crippen molar-refractivity contribution in [1.82, 2.24) is 19.4 Å². The lowest BCUT2D eigenvalue weighted by Gasteiger charge is -2.42. The number of aliphatic carboxylic acids is 1. The van der Waals surface area contributed by atoms with E-state index in [1.807, 2.05) is 49.6 Å². The quantitative estimate of drug-likeness (QED) is 0.627. The van der Waals surface area contributed by atoms with Crippen LogP contribution in [0.2, 0.25) is 0 Å². The molecule has 9 nitrogen and oxygen atoms in total. The van der Waals surface area contributed by atoms with E-state index >= 15 is 0 Å². The Labute approximate surface area is 207 Å². The fourth-order valence-electron chi connectivity index (χ4n) is 4.56. The van der Waals surface area contributed by atoms with E-state index in [2.05, 4.69) is 4.98 Å². The van der Waals surface area contributed by atoms with Gasteiger partial charge in [0.1, 0.15) is 5.60 Å². The highest BCUT2D eigenvalue weighted by Crippen LogP contribution is 2.27. The zero-order valence-corrected chi connectivity index (χ0v) is 21.7. The van der Waals surface area contributed by atoms with E-state index in [4.69, 9.17) is 4.74 Å². The molecule has 0 aliphatic carbocycles. The molecule has 1 aliphatic heterocycles. The molecule has 0 bridgehead atoms. The topological polar surface area (TPSA) is 105 Å². The molecule has 9 heteroatoms. The van der Waals surface area contributed by atoms with Crippen LogP contribution in [-0.4, -0.2) is 73.7 Å². The van der Waals surface area contributed by atoms with Crippen LogP contribution < -0.4 is 0 Å². The number of aromatic nitrogens is 2. The SMILES string of the molecule is CCCn1c(C(=O)N(CC(C)C)[C@H]2C[C@@H](C(=O)O)CN(C(=O)OC(C)(C)C)C2)nc2ccccc21. The molecule has 0 saturated carbocycles. The van der Waals surface area contributed by atoms with Crippen LogP contribution in [0.3, 0.4) is 0 Å². The van der Waals surface area contributed by atoms with Crippen LogP contribution in [-0.2, 0) is 16.1 Å². The Balaban J connectivity index is 1.99. The van der Waals surface area contributed by atoms with Gasteiger partial charge in [-0.15, -0.1) is 0 Å². The molecule has 35 heavy (non-hydrogen) atoms. The number of hydrogen-bond donors (Lipinski definition) is 1. The maximum absolute atomic E-state index is 14.0. The van der Waals surface area contributed by atoms with Crippen molar-refractivity contribution in [2.24, 2.45) is 11.8 Å². The van der Waals surface area contributed by atoms with Gasteiger partial charge in [0.25, 0.3) is 5.91 Å².